The summed E-state index contributed by atoms with van der Waals surface area (Å²) in [6.07, 6.45) is -4.50. The second kappa shape index (κ2) is 5.56. The zero-order valence-corrected chi connectivity index (χ0v) is 14.2. The SMILES string of the molecule is COc1c(C(F)(F)S(=O)(=O)C2=CC(C)(C)ON2)c(C(F)(F)F)nn1C. The van der Waals surface area contributed by atoms with Crippen molar-refractivity contribution < 1.29 is 39.9 Å². The average Bonchev–Trinajstić information content (AvgIpc) is 2.98. The van der Waals surface area contributed by atoms with Crippen molar-refractivity contribution in [2.24, 2.45) is 7.05 Å². The smallest absolute Gasteiger partial charge is 0.435 e. The van der Waals surface area contributed by atoms with Gasteiger partial charge in [0.1, 0.15) is 11.2 Å². The molecule has 1 aromatic heterocycles. The van der Waals surface area contributed by atoms with E-state index in [1.807, 2.05) is 5.48 Å². The predicted molar refractivity (Wildman–Crippen MR) is 74.0 cm³/mol. The molecule has 0 atom stereocenters. The van der Waals surface area contributed by atoms with E-state index in [2.05, 4.69) is 9.84 Å². The van der Waals surface area contributed by atoms with E-state index in [1.165, 1.54) is 13.8 Å². The lowest BCUT2D eigenvalue weighted by Crippen LogP contribution is -2.33. The molecule has 0 unspecified atom stereocenters. The molecule has 1 aromatic rings. The minimum Gasteiger partial charge on any atom is -0.481 e. The lowest BCUT2D eigenvalue weighted by molar-refractivity contribution is -0.143. The van der Waals surface area contributed by atoms with Gasteiger partial charge < -0.3 is 4.74 Å². The van der Waals surface area contributed by atoms with E-state index in [9.17, 15) is 30.4 Å². The van der Waals surface area contributed by atoms with Crippen molar-refractivity contribution in [3.8, 4) is 5.88 Å². The Bertz CT molecular complexity index is 827. The molecule has 0 aliphatic carbocycles. The van der Waals surface area contributed by atoms with Crippen LogP contribution in [0.25, 0.3) is 0 Å². The lowest BCUT2D eigenvalue weighted by Gasteiger charge is -2.19. The molecular formula is C12H14F5N3O4S. The van der Waals surface area contributed by atoms with Crippen molar-refractivity contribution in [1.82, 2.24) is 15.3 Å². The Morgan fingerprint density at radius 3 is 2.24 bits per heavy atom. The largest absolute Gasteiger partial charge is 0.481 e. The zero-order chi connectivity index (χ0) is 19.4. The normalized spacial score (nSPS) is 18.0. The maximum atomic E-state index is 14.7. The second-order valence-electron chi connectivity index (χ2n) is 5.69. The molecule has 0 saturated heterocycles. The zero-order valence-electron chi connectivity index (χ0n) is 13.4. The quantitative estimate of drug-likeness (QED) is 0.792. The van der Waals surface area contributed by atoms with Crippen LogP contribution in [0.15, 0.2) is 11.1 Å². The van der Waals surface area contributed by atoms with E-state index < -0.39 is 49.0 Å². The molecule has 7 nitrogen and oxygen atoms in total. The first kappa shape index (κ1) is 19.4. The molecule has 1 aliphatic heterocycles. The van der Waals surface area contributed by atoms with Gasteiger partial charge in [-0.2, -0.15) is 27.1 Å². The summed E-state index contributed by atoms with van der Waals surface area (Å²) in [4.78, 5) is 4.80. The summed E-state index contributed by atoms with van der Waals surface area (Å²) in [6.45, 7) is 2.74. The minimum absolute atomic E-state index is 0.387. The first-order valence-corrected chi connectivity index (χ1v) is 8.11. The lowest BCUT2D eigenvalue weighted by atomic mass is 10.1. The number of nitrogens with one attached hydrogen (secondary N) is 1. The van der Waals surface area contributed by atoms with Crippen LogP contribution in [0.2, 0.25) is 0 Å². The number of hydrogen-bond acceptors (Lipinski definition) is 6. The highest BCUT2D eigenvalue weighted by atomic mass is 32.2. The fourth-order valence-corrected chi connectivity index (χ4v) is 3.48. The van der Waals surface area contributed by atoms with Gasteiger partial charge in [0.25, 0.3) is 9.84 Å². The molecule has 1 N–H and O–H groups in total. The first-order chi connectivity index (χ1) is 11.1. The number of methoxy groups -OCH3 is 1. The number of rotatable bonds is 4. The molecule has 0 radical (unpaired) electrons. The Morgan fingerprint density at radius 2 is 1.84 bits per heavy atom. The second-order valence-corrected chi connectivity index (χ2v) is 7.65. The van der Waals surface area contributed by atoms with Crippen molar-refractivity contribution in [3.63, 3.8) is 0 Å². The highest BCUT2D eigenvalue weighted by molar-refractivity contribution is 7.95. The van der Waals surface area contributed by atoms with Crippen molar-refractivity contribution in [2.75, 3.05) is 7.11 Å². The summed E-state index contributed by atoms with van der Waals surface area (Å²) in [5.74, 6) is -1.03. The van der Waals surface area contributed by atoms with Gasteiger partial charge in [0.05, 0.1) is 7.11 Å². The van der Waals surface area contributed by atoms with Gasteiger partial charge in [0.15, 0.2) is 10.7 Å². The maximum Gasteiger partial charge on any atom is 0.435 e. The molecule has 0 amide bonds. The number of hydrogen-bond donors (Lipinski definition) is 1. The third-order valence-electron chi connectivity index (χ3n) is 3.27. The third-order valence-corrected chi connectivity index (χ3v) is 4.93. The number of halogens is 5. The van der Waals surface area contributed by atoms with Crippen LogP contribution >= 0.6 is 0 Å². The van der Waals surface area contributed by atoms with Crippen LogP contribution in [0.5, 0.6) is 5.88 Å². The standard InChI is InChI=1S/C12H14F5N3O4S/c1-10(2)5-6(19-24-10)25(21,22)12(16,17)7-8(11(13,14)15)18-20(3)9(7)23-4/h5,19H,1-4H3. The van der Waals surface area contributed by atoms with Crippen LogP contribution in [0.4, 0.5) is 22.0 Å². The molecule has 13 heteroatoms. The van der Waals surface area contributed by atoms with Crippen LogP contribution in [0, 0.1) is 0 Å². The molecule has 25 heavy (non-hydrogen) atoms. The summed E-state index contributed by atoms with van der Waals surface area (Å²) in [5, 5.41) is -3.10. The predicted octanol–water partition coefficient (Wildman–Crippen LogP) is 2.07. The molecule has 0 spiro atoms. The van der Waals surface area contributed by atoms with Crippen molar-refractivity contribution in [1.29, 1.82) is 0 Å². The van der Waals surface area contributed by atoms with Gasteiger partial charge in [-0.1, -0.05) is 0 Å². The van der Waals surface area contributed by atoms with Crippen LogP contribution in [-0.4, -0.2) is 30.9 Å². The van der Waals surface area contributed by atoms with E-state index in [1.54, 1.807) is 0 Å². The fourth-order valence-electron chi connectivity index (χ4n) is 2.16. The Balaban J connectivity index is 2.72. The molecule has 0 fully saturated rings. The van der Waals surface area contributed by atoms with Crippen molar-refractivity contribution in [2.45, 2.75) is 30.9 Å². The van der Waals surface area contributed by atoms with Crippen molar-refractivity contribution >= 4 is 9.84 Å². The molecule has 1 aliphatic rings. The van der Waals surface area contributed by atoms with Gasteiger partial charge in [0.2, 0.25) is 5.88 Å². The van der Waals surface area contributed by atoms with E-state index >= 15 is 0 Å². The van der Waals surface area contributed by atoms with E-state index in [-0.39, 0.29) is 0 Å². The molecule has 2 heterocycles. The monoisotopic (exact) mass is 391 g/mol. The Kier molecular flexibility index (Phi) is 4.32. The maximum absolute atomic E-state index is 14.7. The van der Waals surface area contributed by atoms with Gasteiger partial charge in [-0.25, -0.2) is 13.1 Å². The fraction of sp³-hybridized carbons (Fsp3) is 0.583. The first-order valence-electron chi connectivity index (χ1n) is 6.63. The van der Waals surface area contributed by atoms with Crippen LogP contribution in [-0.2, 0) is 33.2 Å². The number of alkyl halides is 5. The highest BCUT2D eigenvalue weighted by Gasteiger charge is 2.59. The summed E-state index contributed by atoms with van der Waals surface area (Å²) in [6, 6.07) is 0. The molecule has 0 aromatic carbocycles. The van der Waals surface area contributed by atoms with E-state index in [4.69, 9.17) is 4.84 Å². The summed E-state index contributed by atoms with van der Waals surface area (Å²) in [5.41, 5.74) is -3.38. The third kappa shape index (κ3) is 3.05. The summed E-state index contributed by atoms with van der Waals surface area (Å²) in [7, 11) is -3.87. The van der Waals surface area contributed by atoms with Crippen molar-refractivity contribution in [3.05, 3.63) is 22.4 Å². The molecule has 142 valence electrons. The molecular weight excluding hydrogens is 377 g/mol. The minimum atomic E-state index is -5.61. The number of aromatic nitrogens is 2. The van der Waals surface area contributed by atoms with Gasteiger partial charge in [-0.3, -0.25) is 10.3 Å². The number of ether oxygens (including phenoxy) is 1. The number of hydroxylamine groups is 1. The van der Waals surface area contributed by atoms with Crippen LogP contribution in [0.1, 0.15) is 25.1 Å². The Hall–Kier alpha value is -1.89. The van der Waals surface area contributed by atoms with Gasteiger partial charge >= 0.3 is 11.4 Å². The molecule has 0 bridgehead atoms. The summed E-state index contributed by atoms with van der Waals surface area (Å²) < 4.78 is 98.2. The van der Waals surface area contributed by atoms with E-state index in [0.717, 1.165) is 20.2 Å². The van der Waals surface area contributed by atoms with Crippen LogP contribution in [0.3, 0.4) is 0 Å². The topological polar surface area (TPSA) is 82.5 Å². The van der Waals surface area contributed by atoms with Crippen LogP contribution < -0.4 is 10.2 Å². The Labute approximate surface area is 139 Å². The number of nitrogens with zero attached hydrogens (tertiary/aromatic N) is 2. The van der Waals surface area contributed by atoms with Gasteiger partial charge in [0, 0.05) is 7.05 Å². The Morgan fingerprint density at radius 1 is 1.28 bits per heavy atom. The van der Waals surface area contributed by atoms with Gasteiger partial charge in [-0.15, -0.1) is 0 Å². The number of sulfone groups is 1. The molecule has 2 rings (SSSR count). The molecule has 0 saturated carbocycles. The average molecular weight is 391 g/mol. The van der Waals surface area contributed by atoms with Gasteiger partial charge in [-0.05, 0) is 19.9 Å². The number of aryl methyl sites for hydroxylation is 1. The van der Waals surface area contributed by atoms with E-state index in [0.29, 0.717) is 4.68 Å². The highest BCUT2D eigenvalue weighted by Crippen LogP contribution is 2.48. The summed E-state index contributed by atoms with van der Waals surface area (Å²) >= 11 is 0.